The first kappa shape index (κ1) is 16.3. The molecule has 1 aromatic carbocycles. The smallest absolute Gasteiger partial charge is 0.168 e. The predicted molar refractivity (Wildman–Crippen MR) is 98.1 cm³/mol. The fraction of sp³-hybridized carbons (Fsp3) is 0.571. The van der Waals surface area contributed by atoms with Gasteiger partial charge in [-0.05, 0) is 24.3 Å². The summed E-state index contributed by atoms with van der Waals surface area (Å²) in [5.74, 6) is 0.605. The highest BCUT2D eigenvalue weighted by molar-refractivity contribution is 5.68. The van der Waals surface area contributed by atoms with Gasteiger partial charge in [-0.15, -0.1) is 0 Å². The maximum atomic E-state index is 2.58. The van der Waals surface area contributed by atoms with Crippen LogP contribution in [-0.4, -0.2) is 34.3 Å². The molecule has 1 fully saturated rings. The van der Waals surface area contributed by atoms with Crippen LogP contribution < -0.4 is 0 Å². The average Bonchev–Trinajstić information content (AvgIpc) is 3.04. The van der Waals surface area contributed by atoms with Crippen LogP contribution in [0.3, 0.4) is 0 Å². The topological polar surface area (TPSA) is 6.25 Å². The predicted octanol–water partition coefficient (Wildman–Crippen LogP) is 4.56. The highest BCUT2D eigenvalue weighted by atomic mass is 15.2. The van der Waals surface area contributed by atoms with E-state index in [4.69, 9.17) is 0 Å². The fourth-order valence-electron chi connectivity index (χ4n) is 3.67. The molecule has 124 valence electrons. The van der Waals surface area contributed by atoms with Crippen molar-refractivity contribution in [3.8, 4) is 0 Å². The molecule has 0 spiro atoms. The molecule has 0 aliphatic carbocycles. The molecular formula is C21H31N2+. The van der Waals surface area contributed by atoms with Gasteiger partial charge in [0.1, 0.15) is 0 Å². The molecule has 3 rings (SSSR count). The molecule has 23 heavy (non-hydrogen) atoms. The summed E-state index contributed by atoms with van der Waals surface area (Å²) in [4.78, 5) is 2.58. The minimum absolute atomic E-state index is 0.184. The van der Waals surface area contributed by atoms with Gasteiger partial charge < -0.3 is 4.90 Å². The highest BCUT2D eigenvalue weighted by Gasteiger charge is 2.35. The summed E-state index contributed by atoms with van der Waals surface area (Å²) in [6, 6.07) is 9.14. The lowest BCUT2D eigenvalue weighted by atomic mass is 9.93. The zero-order valence-corrected chi connectivity index (χ0v) is 15.2. The summed E-state index contributed by atoms with van der Waals surface area (Å²) in [6.07, 6.45) is 8.51. The van der Waals surface area contributed by atoms with E-state index in [0.717, 1.165) is 13.0 Å². The number of allylic oxidation sites excluding steroid dienone is 1. The molecule has 2 nitrogen and oxygen atoms in total. The van der Waals surface area contributed by atoms with Gasteiger partial charge in [0.15, 0.2) is 18.3 Å². The van der Waals surface area contributed by atoms with Crippen molar-refractivity contribution < 1.29 is 4.58 Å². The molecule has 0 amide bonds. The van der Waals surface area contributed by atoms with Crippen LogP contribution in [0.25, 0.3) is 0 Å². The normalized spacial score (nSPS) is 20.7. The fourth-order valence-corrected chi connectivity index (χ4v) is 3.67. The van der Waals surface area contributed by atoms with Gasteiger partial charge in [-0.25, -0.2) is 4.58 Å². The summed E-state index contributed by atoms with van der Waals surface area (Å²) in [5.41, 5.74) is 4.53. The van der Waals surface area contributed by atoms with Crippen molar-refractivity contribution in [1.82, 2.24) is 4.90 Å². The monoisotopic (exact) mass is 311 g/mol. The third-order valence-corrected chi connectivity index (χ3v) is 5.35. The number of benzene rings is 1. The van der Waals surface area contributed by atoms with E-state index in [9.17, 15) is 0 Å². The summed E-state index contributed by atoms with van der Waals surface area (Å²) < 4.78 is 2.50. The second-order valence-electron chi connectivity index (χ2n) is 8.01. The third-order valence-electron chi connectivity index (χ3n) is 5.35. The van der Waals surface area contributed by atoms with Crippen LogP contribution in [0, 0.1) is 0 Å². The van der Waals surface area contributed by atoms with Crippen LogP contribution in [-0.2, 0) is 6.54 Å². The summed E-state index contributed by atoms with van der Waals surface area (Å²) in [7, 11) is 0. The number of hydrogen-bond acceptors (Lipinski definition) is 1. The Bertz CT molecular complexity index is 599. The number of rotatable bonds is 4. The minimum Gasteiger partial charge on any atom is -0.374 e. The Morgan fingerprint density at radius 1 is 1.09 bits per heavy atom. The van der Waals surface area contributed by atoms with Gasteiger partial charge in [-0.1, -0.05) is 38.1 Å². The largest absolute Gasteiger partial charge is 0.374 e. The van der Waals surface area contributed by atoms with Crippen molar-refractivity contribution in [3.63, 3.8) is 0 Å². The standard InChI is InChI=1S/C21H31N2/c1-17(2)19-9-7-18(8-10-19)16-23-14-11-20(15-21(23,3)4)22-12-5-6-13-22/h7-11,14,17H,5-6,12-13,15-16H2,1-4H3/q+1. The Morgan fingerprint density at radius 3 is 2.30 bits per heavy atom. The molecule has 0 N–H and O–H groups in total. The second-order valence-corrected chi connectivity index (χ2v) is 8.01. The van der Waals surface area contributed by atoms with Gasteiger partial charge in [0.05, 0.1) is 6.42 Å². The Labute approximate surface area is 141 Å². The molecule has 2 heteroatoms. The molecular weight excluding hydrogens is 280 g/mol. The molecule has 0 aromatic heterocycles. The second kappa shape index (κ2) is 6.51. The zero-order valence-electron chi connectivity index (χ0n) is 15.2. The van der Waals surface area contributed by atoms with Crippen LogP contribution in [0.1, 0.15) is 64.0 Å². The molecule has 1 aromatic rings. The Kier molecular flexibility index (Phi) is 4.61. The molecule has 2 aliphatic heterocycles. The van der Waals surface area contributed by atoms with Gasteiger partial charge in [0.2, 0.25) is 0 Å². The van der Waals surface area contributed by atoms with Crippen LogP contribution in [0.2, 0.25) is 0 Å². The van der Waals surface area contributed by atoms with E-state index in [1.165, 1.54) is 42.8 Å². The van der Waals surface area contributed by atoms with Crippen LogP contribution in [0.4, 0.5) is 0 Å². The van der Waals surface area contributed by atoms with Crippen molar-refractivity contribution in [2.45, 2.75) is 65.0 Å². The minimum atomic E-state index is 0.184. The first-order chi connectivity index (χ1) is 11.0. The summed E-state index contributed by atoms with van der Waals surface area (Å²) >= 11 is 0. The van der Waals surface area contributed by atoms with Crippen molar-refractivity contribution in [1.29, 1.82) is 0 Å². The maximum absolute atomic E-state index is 2.58. The molecule has 0 unspecified atom stereocenters. The van der Waals surface area contributed by atoms with Gasteiger partial charge in [-0.2, -0.15) is 0 Å². The van der Waals surface area contributed by atoms with E-state index in [-0.39, 0.29) is 5.54 Å². The third kappa shape index (κ3) is 3.68. The van der Waals surface area contributed by atoms with Gasteiger partial charge in [0.25, 0.3) is 0 Å². The van der Waals surface area contributed by atoms with Crippen molar-refractivity contribution >= 4 is 6.21 Å². The highest BCUT2D eigenvalue weighted by Crippen LogP contribution is 2.28. The Morgan fingerprint density at radius 2 is 1.74 bits per heavy atom. The van der Waals surface area contributed by atoms with E-state index in [1.807, 2.05) is 0 Å². The molecule has 2 heterocycles. The van der Waals surface area contributed by atoms with Crippen molar-refractivity contribution in [2.24, 2.45) is 0 Å². The summed E-state index contributed by atoms with van der Waals surface area (Å²) in [6.45, 7) is 12.7. The molecule has 0 atom stereocenters. The van der Waals surface area contributed by atoms with Crippen molar-refractivity contribution in [3.05, 3.63) is 47.2 Å². The summed E-state index contributed by atoms with van der Waals surface area (Å²) in [5, 5.41) is 0. The zero-order chi connectivity index (χ0) is 16.4. The van der Waals surface area contributed by atoms with Crippen LogP contribution in [0.5, 0.6) is 0 Å². The Hall–Kier alpha value is -1.57. The lowest BCUT2D eigenvalue weighted by molar-refractivity contribution is -0.612. The number of nitrogens with zero attached hydrogens (tertiary/aromatic N) is 2. The SMILES string of the molecule is CC(C)c1ccc(C[N+]2=CC=C(N3CCCC3)CC2(C)C)cc1. The molecule has 1 saturated heterocycles. The van der Waals surface area contributed by atoms with E-state index in [0.29, 0.717) is 5.92 Å². The van der Waals surface area contributed by atoms with E-state index >= 15 is 0 Å². The van der Waals surface area contributed by atoms with Crippen LogP contribution >= 0.6 is 0 Å². The Balaban J connectivity index is 1.75. The lowest BCUT2D eigenvalue weighted by Crippen LogP contribution is -2.41. The molecule has 0 bridgehead atoms. The quantitative estimate of drug-likeness (QED) is 0.739. The van der Waals surface area contributed by atoms with E-state index in [1.54, 1.807) is 0 Å². The van der Waals surface area contributed by atoms with E-state index in [2.05, 4.69) is 73.7 Å². The maximum Gasteiger partial charge on any atom is 0.168 e. The van der Waals surface area contributed by atoms with E-state index < -0.39 is 0 Å². The number of likely N-dealkylation sites (tertiary alicyclic amines) is 1. The first-order valence-electron chi connectivity index (χ1n) is 9.10. The van der Waals surface area contributed by atoms with Gasteiger partial charge >= 0.3 is 0 Å². The number of hydrogen-bond donors (Lipinski definition) is 0. The van der Waals surface area contributed by atoms with Gasteiger partial charge in [0, 0.05) is 44.3 Å². The average molecular weight is 311 g/mol. The van der Waals surface area contributed by atoms with Gasteiger partial charge in [-0.3, -0.25) is 0 Å². The first-order valence-corrected chi connectivity index (χ1v) is 9.10. The molecule has 0 saturated carbocycles. The molecule has 2 aliphatic rings. The van der Waals surface area contributed by atoms with Crippen molar-refractivity contribution in [2.75, 3.05) is 13.1 Å². The molecule has 0 radical (unpaired) electrons. The van der Waals surface area contributed by atoms with Crippen LogP contribution in [0.15, 0.2) is 36.0 Å². The lowest BCUT2D eigenvalue weighted by Gasteiger charge is -2.31.